The number of methoxy groups -OCH3 is 1. The number of benzene rings is 2. The first-order chi connectivity index (χ1) is 13.0. The minimum atomic E-state index is -0.559. The fraction of sp³-hybridized carbons (Fsp3) is 0.250. The summed E-state index contributed by atoms with van der Waals surface area (Å²) < 4.78 is 9.65. The lowest BCUT2D eigenvalue weighted by Gasteiger charge is -2.10. The van der Waals surface area contributed by atoms with Crippen LogP contribution < -0.4 is 5.32 Å². The van der Waals surface area contributed by atoms with Crippen molar-refractivity contribution in [3.63, 3.8) is 0 Å². The van der Waals surface area contributed by atoms with E-state index in [4.69, 9.17) is 4.74 Å². The molecule has 7 heteroatoms. The van der Waals surface area contributed by atoms with Crippen molar-refractivity contribution in [1.82, 2.24) is 0 Å². The van der Waals surface area contributed by atoms with Crippen LogP contribution in [0.1, 0.15) is 22.3 Å². The Morgan fingerprint density at radius 3 is 2.44 bits per heavy atom. The van der Waals surface area contributed by atoms with Crippen molar-refractivity contribution in [2.45, 2.75) is 18.2 Å². The highest BCUT2D eigenvalue weighted by Gasteiger charge is 2.14. The zero-order valence-electron chi connectivity index (χ0n) is 15.2. The first-order valence-electron chi connectivity index (χ1n) is 8.32. The topological polar surface area (TPSA) is 81.7 Å². The van der Waals surface area contributed by atoms with Gasteiger partial charge < -0.3 is 14.8 Å². The van der Waals surface area contributed by atoms with Crippen molar-refractivity contribution >= 4 is 35.3 Å². The van der Waals surface area contributed by atoms with E-state index >= 15 is 0 Å². The number of carbonyl (C=O) groups excluding carboxylic acids is 3. The van der Waals surface area contributed by atoms with Crippen LogP contribution in [0.25, 0.3) is 0 Å². The van der Waals surface area contributed by atoms with Gasteiger partial charge in [0.15, 0.2) is 6.61 Å². The number of amides is 1. The zero-order valence-corrected chi connectivity index (χ0v) is 16.0. The summed E-state index contributed by atoms with van der Waals surface area (Å²) in [6.45, 7) is 1.60. The lowest BCUT2D eigenvalue weighted by molar-refractivity contribution is -0.146. The second-order valence-corrected chi connectivity index (χ2v) is 6.83. The van der Waals surface area contributed by atoms with Crippen molar-refractivity contribution in [2.75, 3.05) is 24.8 Å². The largest absolute Gasteiger partial charge is 0.465 e. The van der Waals surface area contributed by atoms with E-state index in [-0.39, 0.29) is 12.0 Å². The molecule has 0 saturated heterocycles. The molecule has 0 aliphatic carbocycles. The Kier molecular flexibility index (Phi) is 7.88. The van der Waals surface area contributed by atoms with E-state index in [9.17, 15) is 14.4 Å². The summed E-state index contributed by atoms with van der Waals surface area (Å²) in [7, 11) is 1.26. The molecule has 1 N–H and O–H groups in total. The highest BCUT2D eigenvalue weighted by atomic mass is 32.2. The Balaban J connectivity index is 1.74. The van der Waals surface area contributed by atoms with Crippen LogP contribution in [0, 0.1) is 6.92 Å². The molecule has 0 bridgehead atoms. The summed E-state index contributed by atoms with van der Waals surface area (Å²) >= 11 is 1.55. The summed E-state index contributed by atoms with van der Waals surface area (Å²) in [5, 5.41) is 2.55. The molecule has 0 fully saturated rings. The summed E-state index contributed by atoms with van der Waals surface area (Å²) in [5.74, 6) is -0.970. The normalized spacial score (nSPS) is 10.1. The van der Waals surface area contributed by atoms with E-state index < -0.39 is 24.5 Å². The SMILES string of the molecule is COC(=O)c1ccccc1NC(=O)COC(=O)CCSc1ccc(C)cc1. The van der Waals surface area contributed by atoms with Crippen molar-refractivity contribution in [3.8, 4) is 0 Å². The minimum absolute atomic E-state index is 0.199. The Hall–Kier alpha value is -2.80. The molecule has 2 rings (SSSR count). The van der Waals surface area contributed by atoms with Crippen LogP contribution in [-0.4, -0.2) is 37.3 Å². The number of esters is 2. The van der Waals surface area contributed by atoms with Gasteiger partial charge in [0.1, 0.15) is 0 Å². The Labute approximate surface area is 162 Å². The monoisotopic (exact) mass is 387 g/mol. The van der Waals surface area contributed by atoms with Gasteiger partial charge in [-0.25, -0.2) is 4.79 Å². The fourth-order valence-electron chi connectivity index (χ4n) is 2.17. The van der Waals surface area contributed by atoms with E-state index in [2.05, 4.69) is 10.1 Å². The Bertz CT molecular complexity index is 804. The molecular weight excluding hydrogens is 366 g/mol. The Morgan fingerprint density at radius 1 is 1.04 bits per heavy atom. The molecule has 0 atom stereocenters. The zero-order chi connectivity index (χ0) is 19.6. The van der Waals surface area contributed by atoms with Crippen molar-refractivity contribution < 1.29 is 23.9 Å². The predicted molar refractivity (Wildman–Crippen MR) is 104 cm³/mol. The summed E-state index contributed by atoms with van der Waals surface area (Å²) in [4.78, 5) is 36.5. The number of para-hydroxylation sites is 1. The van der Waals surface area contributed by atoms with Crippen LogP contribution in [0.15, 0.2) is 53.4 Å². The maximum absolute atomic E-state index is 12.0. The average Bonchev–Trinajstić information content (AvgIpc) is 2.68. The molecule has 0 radical (unpaired) electrons. The maximum atomic E-state index is 12.0. The van der Waals surface area contributed by atoms with Gasteiger partial charge in [-0.1, -0.05) is 29.8 Å². The number of thioether (sulfide) groups is 1. The molecule has 27 heavy (non-hydrogen) atoms. The van der Waals surface area contributed by atoms with Gasteiger partial charge in [0, 0.05) is 10.6 Å². The van der Waals surface area contributed by atoms with Gasteiger partial charge in [0.2, 0.25) is 0 Å². The van der Waals surface area contributed by atoms with E-state index in [0.29, 0.717) is 11.4 Å². The molecule has 1 amide bonds. The number of hydrogen-bond acceptors (Lipinski definition) is 6. The molecule has 0 aromatic heterocycles. The number of carbonyl (C=O) groups is 3. The molecule has 0 aliphatic heterocycles. The third-order valence-corrected chi connectivity index (χ3v) is 4.58. The fourth-order valence-corrected chi connectivity index (χ4v) is 3.00. The first-order valence-corrected chi connectivity index (χ1v) is 9.30. The van der Waals surface area contributed by atoms with Gasteiger partial charge in [-0.3, -0.25) is 9.59 Å². The number of hydrogen-bond donors (Lipinski definition) is 1. The lowest BCUT2D eigenvalue weighted by atomic mass is 10.2. The number of nitrogens with one attached hydrogen (secondary N) is 1. The van der Waals surface area contributed by atoms with Crippen molar-refractivity contribution in [3.05, 3.63) is 59.7 Å². The van der Waals surface area contributed by atoms with Gasteiger partial charge >= 0.3 is 11.9 Å². The summed E-state index contributed by atoms with van der Waals surface area (Å²) in [6.07, 6.45) is 0.199. The molecule has 0 unspecified atom stereocenters. The second kappa shape index (κ2) is 10.4. The number of rotatable bonds is 8. The van der Waals surface area contributed by atoms with Gasteiger partial charge in [-0.15, -0.1) is 11.8 Å². The smallest absolute Gasteiger partial charge is 0.339 e. The van der Waals surface area contributed by atoms with E-state index in [1.165, 1.54) is 18.7 Å². The third-order valence-electron chi connectivity index (χ3n) is 3.57. The summed E-state index contributed by atoms with van der Waals surface area (Å²) in [6, 6.07) is 14.5. The van der Waals surface area contributed by atoms with Gasteiger partial charge in [0.05, 0.1) is 24.8 Å². The van der Waals surface area contributed by atoms with Gasteiger partial charge in [-0.2, -0.15) is 0 Å². The molecule has 0 saturated carbocycles. The number of ether oxygens (including phenoxy) is 2. The van der Waals surface area contributed by atoms with Crippen LogP contribution in [0.2, 0.25) is 0 Å². The average molecular weight is 387 g/mol. The second-order valence-electron chi connectivity index (χ2n) is 5.66. The molecule has 0 heterocycles. The van der Waals surface area contributed by atoms with E-state index in [0.717, 1.165) is 4.90 Å². The molecule has 6 nitrogen and oxygen atoms in total. The quantitative estimate of drug-likeness (QED) is 0.552. The van der Waals surface area contributed by atoms with Crippen molar-refractivity contribution in [1.29, 1.82) is 0 Å². The first kappa shape index (κ1) is 20.5. The predicted octanol–water partition coefficient (Wildman–Crippen LogP) is 3.45. The van der Waals surface area contributed by atoms with E-state index in [1.807, 2.05) is 31.2 Å². The maximum Gasteiger partial charge on any atom is 0.339 e. The molecule has 2 aromatic carbocycles. The number of aryl methyl sites for hydroxylation is 1. The molecular formula is C20H21NO5S. The number of anilines is 1. The van der Waals surface area contributed by atoms with Crippen molar-refractivity contribution in [2.24, 2.45) is 0 Å². The highest BCUT2D eigenvalue weighted by molar-refractivity contribution is 7.99. The van der Waals surface area contributed by atoms with Crippen LogP contribution in [-0.2, 0) is 19.1 Å². The highest BCUT2D eigenvalue weighted by Crippen LogP contribution is 2.19. The van der Waals surface area contributed by atoms with Crippen LogP contribution in [0.3, 0.4) is 0 Å². The minimum Gasteiger partial charge on any atom is -0.465 e. The van der Waals surface area contributed by atoms with Crippen LogP contribution >= 0.6 is 11.8 Å². The van der Waals surface area contributed by atoms with Gasteiger partial charge in [-0.05, 0) is 31.2 Å². The molecule has 142 valence electrons. The molecule has 2 aromatic rings. The van der Waals surface area contributed by atoms with Crippen LogP contribution in [0.4, 0.5) is 5.69 Å². The van der Waals surface area contributed by atoms with Gasteiger partial charge in [0.25, 0.3) is 5.91 Å². The lowest BCUT2D eigenvalue weighted by Crippen LogP contribution is -2.22. The van der Waals surface area contributed by atoms with E-state index in [1.54, 1.807) is 30.0 Å². The molecule has 0 aliphatic rings. The van der Waals surface area contributed by atoms with Crippen LogP contribution in [0.5, 0.6) is 0 Å². The standard InChI is InChI=1S/C20H21NO5S/c1-14-7-9-15(10-8-14)27-12-11-19(23)26-13-18(22)21-17-6-4-3-5-16(17)20(24)25-2/h3-10H,11-13H2,1-2H3,(H,21,22). The third kappa shape index (κ3) is 6.79. The summed E-state index contributed by atoms with van der Waals surface area (Å²) in [5.41, 5.74) is 1.72. The Morgan fingerprint density at radius 2 is 1.74 bits per heavy atom. The molecule has 0 spiro atoms.